The van der Waals surface area contributed by atoms with Crippen LogP contribution >= 0.6 is 0 Å². The van der Waals surface area contributed by atoms with Crippen molar-refractivity contribution >= 4 is 5.97 Å². The first-order chi connectivity index (χ1) is 9.72. The Balaban J connectivity index is 3.52. The lowest BCUT2D eigenvalue weighted by atomic mass is 9.99. The van der Waals surface area contributed by atoms with Gasteiger partial charge in [0.05, 0.1) is 18.6 Å². The molecule has 0 fully saturated rings. The summed E-state index contributed by atoms with van der Waals surface area (Å²) >= 11 is 0. The van der Waals surface area contributed by atoms with Crippen LogP contribution in [0.2, 0.25) is 0 Å². The number of nitrogens with zero attached hydrogens (tertiary/aromatic N) is 2. The quantitative estimate of drug-likeness (QED) is 0.633. The van der Waals surface area contributed by atoms with E-state index in [1.165, 1.54) is 13.0 Å². The Labute approximate surface area is 116 Å². The predicted octanol–water partition coefficient (Wildman–Crippen LogP) is 3.02. The third kappa shape index (κ3) is 3.87. The monoisotopic (exact) mass is 308 g/mol. The van der Waals surface area contributed by atoms with E-state index in [0.717, 1.165) is 0 Å². The number of hydrogen-bond acceptors (Lipinski definition) is 4. The Morgan fingerprint density at radius 2 is 2.10 bits per heavy atom. The lowest BCUT2D eigenvalue weighted by Gasteiger charge is -2.16. The molecule has 0 spiro atoms. The smallest absolute Gasteiger partial charge is 0.433 e. The van der Waals surface area contributed by atoms with Gasteiger partial charge in [0, 0.05) is 17.3 Å². The van der Waals surface area contributed by atoms with Crippen molar-refractivity contribution in [2.24, 2.45) is 0 Å². The van der Waals surface area contributed by atoms with Crippen LogP contribution in [0.5, 0.6) is 0 Å². The molecule has 1 rings (SSSR count). The van der Waals surface area contributed by atoms with Gasteiger partial charge in [0.15, 0.2) is 0 Å². The first kappa shape index (κ1) is 16.8. The van der Waals surface area contributed by atoms with Crippen molar-refractivity contribution in [3.63, 3.8) is 0 Å². The van der Waals surface area contributed by atoms with E-state index in [2.05, 4.69) is 9.72 Å². The van der Waals surface area contributed by atoms with Gasteiger partial charge in [-0.05, 0) is 6.92 Å². The second-order valence-corrected chi connectivity index (χ2v) is 3.80. The molecule has 0 atom stereocenters. The van der Waals surface area contributed by atoms with E-state index < -0.39 is 47.4 Å². The Bertz CT molecular complexity index is 578. The first-order valence-corrected chi connectivity index (χ1v) is 5.65. The molecule has 0 radical (unpaired) electrons. The number of carbonyl (C=O) groups is 1. The molecular formula is C12H9F5N2O2. The van der Waals surface area contributed by atoms with Crippen molar-refractivity contribution in [1.29, 1.82) is 5.26 Å². The summed E-state index contributed by atoms with van der Waals surface area (Å²) in [5, 5.41) is 8.70. The zero-order valence-corrected chi connectivity index (χ0v) is 10.7. The van der Waals surface area contributed by atoms with E-state index in [1.54, 1.807) is 0 Å². The van der Waals surface area contributed by atoms with Gasteiger partial charge in [-0.15, -0.1) is 0 Å². The molecular weight excluding hydrogens is 299 g/mol. The van der Waals surface area contributed by atoms with E-state index in [-0.39, 0.29) is 6.61 Å². The van der Waals surface area contributed by atoms with E-state index >= 15 is 0 Å². The minimum absolute atomic E-state index is 0.116. The highest BCUT2D eigenvalue weighted by Crippen LogP contribution is 2.36. The minimum atomic E-state index is -5.03. The van der Waals surface area contributed by atoms with Crippen molar-refractivity contribution < 1.29 is 31.5 Å². The van der Waals surface area contributed by atoms with Gasteiger partial charge in [0.25, 0.3) is 6.43 Å². The molecule has 4 nitrogen and oxygen atoms in total. The number of pyridine rings is 1. The standard InChI is InChI=1S/C12H9F5N2O2/c1-2-21-8(20)3-7-9(11(13)14)6(4-18)5-19-10(7)12(15,16)17/h5,11H,2-3H2,1H3. The molecule has 0 unspecified atom stereocenters. The van der Waals surface area contributed by atoms with Crippen molar-refractivity contribution in [1.82, 2.24) is 4.98 Å². The maximum Gasteiger partial charge on any atom is 0.433 e. The summed E-state index contributed by atoms with van der Waals surface area (Å²) < 4.78 is 68.9. The number of halogens is 5. The number of hydrogen-bond donors (Lipinski definition) is 0. The molecule has 0 aromatic carbocycles. The highest BCUT2D eigenvalue weighted by molar-refractivity contribution is 5.74. The summed E-state index contributed by atoms with van der Waals surface area (Å²) in [6.45, 7) is 1.30. The normalized spacial score (nSPS) is 11.3. The predicted molar refractivity (Wildman–Crippen MR) is 59.2 cm³/mol. The summed E-state index contributed by atoms with van der Waals surface area (Å²) in [6, 6.07) is 1.34. The summed E-state index contributed by atoms with van der Waals surface area (Å²) in [4.78, 5) is 14.3. The van der Waals surface area contributed by atoms with Crippen LogP contribution < -0.4 is 0 Å². The fourth-order valence-electron chi connectivity index (χ4n) is 1.68. The highest BCUT2D eigenvalue weighted by Gasteiger charge is 2.39. The van der Waals surface area contributed by atoms with Crippen molar-refractivity contribution in [2.45, 2.75) is 25.9 Å². The molecule has 114 valence electrons. The molecule has 0 amide bonds. The molecule has 0 aliphatic carbocycles. The minimum Gasteiger partial charge on any atom is -0.466 e. The second-order valence-electron chi connectivity index (χ2n) is 3.80. The fourth-order valence-corrected chi connectivity index (χ4v) is 1.68. The number of aromatic nitrogens is 1. The van der Waals surface area contributed by atoms with E-state index in [4.69, 9.17) is 5.26 Å². The van der Waals surface area contributed by atoms with Crippen molar-refractivity contribution in [2.75, 3.05) is 6.61 Å². The average molecular weight is 308 g/mol. The molecule has 1 aromatic heterocycles. The van der Waals surface area contributed by atoms with Crippen LogP contribution in [0.15, 0.2) is 6.20 Å². The summed E-state index contributed by atoms with van der Waals surface area (Å²) in [5.74, 6) is -1.11. The number of esters is 1. The maximum atomic E-state index is 13.0. The number of ether oxygens (including phenoxy) is 1. The van der Waals surface area contributed by atoms with E-state index in [9.17, 15) is 26.7 Å². The molecule has 0 saturated heterocycles. The number of alkyl halides is 5. The van der Waals surface area contributed by atoms with Gasteiger partial charge in [0.1, 0.15) is 11.8 Å². The molecule has 1 aromatic rings. The van der Waals surface area contributed by atoms with Crippen molar-refractivity contribution in [3.05, 3.63) is 28.6 Å². The third-order valence-corrected chi connectivity index (χ3v) is 2.46. The van der Waals surface area contributed by atoms with Gasteiger partial charge in [0.2, 0.25) is 0 Å². The zero-order valence-electron chi connectivity index (χ0n) is 10.7. The third-order valence-electron chi connectivity index (χ3n) is 2.46. The van der Waals surface area contributed by atoms with Crippen LogP contribution in [0.4, 0.5) is 22.0 Å². The SMILES string of the molecule is CCOC(=O)Cc1c(C(F)(F)F)ncc(C#N)c1C(F)F. The fraction of sp³-hybridized carbons (Fsp3) is 0.417. The largest absolute Gasteiger partial charge is 0.466 e. The Kier molecular flexibility index (Phi) is 5.18. The number of nitriles is 1. The van der Waals surface area contributed by atoms with E-state index in [1.807, 2.05) is 0 Å². The van der Waals surface area contributed by atoms with Gasteiger partial charge in [-0.3, -0.25) is 9.78 Å². The Hall–Kier alpha value is -2.24. The lowest BCUT2D eigenvalue weighted by molar-refractivity contribution is -0.144. The number of carbonyl (C=O) groups excluding carboxylic acids is 1. The van der Waals surface area contributed by atoms with Gasteiger partial charge in [-0.2, -0.15) is 18.4 Å². The van der Waals surface area contributed by atoms with E-state index in [0.29, 0.717) is 6.20 Å². The molecule has 0 aliphatic rings. The lowest BCUT2D eigenvalue weighted by Crippen LogP contribution is -2.19. The van der Waals surface area contributed by atoms with Crippen LogP contribution in [-0.2, 0) is 22.1 Å². The second kappa shape index (κ2) is 6.47. The van der Waals surface area contributed by atoms with Crippen LogP contribution in [-0.4, -0.2) is 17.6 Å². The number of rotatable bonds is 4. The molecule has 0 N–H and O–H groups in total. The maximum absolute atomic E-state index is 13.0. The molecule has 9 heteroatoms. The molecule has 21 heavy (non-hydrogen) atoms. The Morgan fingerprint density at radius 1 is 1.48 bits per heavy atom. The molecule has 0 saturated carbocycles. The van der Waals surface area contributed by atoms with Gasteiger partial charge >= 0.3 is 12.1 Å². The topological polar surface area (TPSA) is 63.0 Å². The summed E-state index contributed by atoms with van der Waals surface area (Å²) in [5.41, 5.74) is -4.51. The van der Waals surface area contributed by atoms with Crippen molar-refractivity contribution in [3.8, 4) is 6.07 Å². The molecule has 0 aliphatic heterocycles. The molecule has 1 heterocycles. The van der Waals surface area contributed by atoms with Crippen LogP contribution in [0.25, 0.3) is 0 Å². The highest BCUT2D eigenvalue weighted by atomic mass is 19.4. The van der Waals surface area contributed by atoms with Crippen LogP contribution in [0.3, 0.4) is 0 Å². The zero-order chi connectivity index (χ0) is 16.2. The van der Waals surface area contributed by atoms with Gasteiger partial charge in [-0.1, -0.05) is 0 Å². The first-order valence-electron chi connectivity index (χ1n) is 5.65. The van der Waals surface area contributed by atoms with Crippen LogP contribution in [0.1, 0.15) is 35.7 Å². The van der Waals surface area contributed by atoms with Gasteiger partial charge < -0.3 is 4.74 Å². The Morgan fingerprint density at radius 3 is 2.52 bits per heavy atom. The molecule has 0 bridgehead atoms. The summed E-state index contributed by atoms with van der Waals surface area (Å²) in [6.07, 6.45) is -9.00. The van der Waals surface area contributed by atoms with Gasteiger partial charge in [-0.25, -0.2) is 8.78 Å². The summed E-state index contributed by atoms with van der Waals surface area (Å²) in [7, 11) is 0. The average Bonchev–Trinajstić information content (AvgIpc) is 2.36. The van der Waals surface area contributed by atoms with Crippen LogP contribution in [0, 0.1) is 11.3 Å².